The maximum atomic E-state index is 13.4. The van der Waals surface area contributed by atoms with Crippen LogP contribution in [0.3, 0.4) is 0 Å². The smallest absolute Gasteiger partial charge is 0.277 e. The Kier molecular flexibility index (Phi) is 2.78. The van der Waals surface area contributed by atoms with Crippen LogP contribution >= 0.6 is 0 Å². The third-order valence-electron chi connectivity index (χ3n) is 2.43. The minimum atomic E-state index is -0.430. The Hall–Kier alpha value is -2.37. The molecule has 0 amide bonds. The summed E-state index contributed by atoms with van der Waals surface area (Å²) >= 11 is 0. The van der Waals surface area contributed by atoms with E-state index in [4.69, 9.17) is 11.1 Å². The van der Waals surface area contributed by atoms with E-state index in [0.29, 0.717) is 11.1 Å². The van der Waals surface area contributed by atoms with Gasteiger partial charge in [0.2, 0.25) is 5.96 Å². The summed E-state index contributed by atoms with van der Waals surface area (Å²) in [7, 11) is 0. The summed E-state index contributed by atoms with van der Waals surface area (Å²) in [5.41, 5.74) is 5.56. The first kappa shape index (κ1) is 11.1. The lowest BCUT2D eigenvalue weighted by Crippen LogP contribution is -2.31. The number of hydrogen-bond acceptors (Lipinski definition) is 2. The zero-order valence-electron chi connectivity index (χ0n) is 8.90. The highest BCUT2D eigenvalue weighted by Crippen LogP contribution is 2.10. The molecule has 0 fully saturated rings. The van der Waals surface area contributed by atoms with Gasteiger partial charge in [-0.25, -0.2) is 4.39 Å². The summed E-state index contributed by atoms with van der Waals surface area (Å²) in [6.07, 6.45) is 1.60. The Morgan fingerprint density at radius 3 is 2.71 bits per heavy atom. The van der Waals surface area contributed by atoms with Crippen LogP contribution in [0.1, 0.15) is 11.1 Å². The Balaban J connectivity index is 2.35. The fourth-order valence-corrected chi connectivity index (χ4v) is 1.56. The Morgan fingerprint density at radius 1 is 1.41 bits per heavy atom. The van der Waals surface area contributed by atoms with E-state index in [1.165, 1.54) is 12.3 Å². The van der Waals surface area contributed by atoms with E-state index in [1.807, 2.05) is 0 Å². The predicted molar refractivity (Wildman–Crippen MR) is 61.6 cm³/mol. The van der Waals surface area contributed by atoms with E-state index < -0.39 is 11.5 Å². The van der Waals surface area contributed by atoms with Crippen molar-refractivity contribution >= 4 is 5.96 Å². The van der Waals surface area contributed by atoms with Crippen LogP contribution in [0.15, 0.2) is 35.3 Å². The van der Waals surface area contributed by atoms with Gasteiger partial charge in [0.25, 0.3) is 5.56 Å². The zero-order valence-corrected chi connectivity index (χ0v) is 8.90. The molecule has 0 radical (unpaired) electrons. The van der Waals surface area contributed by atoms with Gasteiger partial charge < -0.3 is 5.73 Å². The molecule has 0 spiro atoms. The average Bonchev–Trinajstić information content (AvgIpc) is 2.64. The van der Waals surface area contributed by atoms with Crippen molar-refractivity contribution in [2.75, 3.05) is 0 Å². The second kappa shape index (κ2) is 4.25. The average molecular weight is 234 g/mol. The number of benzene rings is 1. The molecule has 1 aromatic heterocycles. The summed E-state index contributed by atoms with van der Waals surface area (Å²) in [5, 5.41) is 9.69. The van der Waals surface area contributed by atoms with Crippen LogP contribution in [-0.2, 0) is 6.42 Å². The molecule has 4 N–H and O–H groups in total. The van der Waals surface area contributed by atoms with E-state index in [2.05, 4.69) is 5.10 Å². The van der Waals surface area contributed by atoms with Gasteiger partial charge in [-0.2, -0.15) is 4.68 Å². The zero-order chi connectivity index (χ0) is 12.4. The lowest BCUT2D eigenvalue weighted by atomic mass is 10.1. The van der Waals surface area contributed by atoms with Gasteiger partial charge in [0.15, 0.2) is 0 Å². The van der Waals surface area contributed by atoms with Crippen molar-refractivity contribution < 1.29 is 4.39 Å². The van der Waals surface area contributed by atoms with Gasteiger partial charge in [0.05, 0.1) is 0 Å². The molecular formula is C11H11FN4O. The van der Waals surface area contributed by atoms with Gasteiger partial charge in [-0.05, 0) is 11.6 Å². The molecule has 6 heteroatoms. The van der Waals surface area contributed by atoms with Gasteiger partial charge >= 0.3 is 0 Å². The molecule has 2 aromatic rings. The Morgan fingerprint density at radius 2 is 2.12 bits per heavy atom. The molecule has 17 heavy (non-hydrogen) atoms. The van der Waals surface area contributed by atoms with Gasteiger partial charge in [-0.15, -0.1) is 0 Å². The van der Waals surface area contributed by atoms with E-state index in [9.17, 15) is 9.18 Å². The van der Waals surface area contributed by atoms with Crippen LogP contribution in [-0.4, -0.2) is 15.7 Å². The number of H-pyrrole nitrogens is 1. The van der Waals surface area contributed by atoms with Crippen LogP contribution in [0.2, 0.25) is 0 Å². The summed E-state index contributed by atoms with van der Waals surface area (Å²) in [6.45, 7) is 0. The molecule has 2 rings (SSSR count). The van der Waals surface area contributed by atoms with Crippen LogP contribution < -0.4 is 11.3 Å². The second-order valence-corrected chi connectivity index (χ2v) is 3.59. The molecule has 0 saturated heterocycles. The van der Waals surface area contributed by atoms with E-state index >= 15 is 0 Å². The summed E-state index contributed by atoms with van der Waals surface area (Å²) in [5.74, 6) is -0.753. The van der Waals surface area contributed by atoms with Gasteiger partial charge in [0, 0.05) is 18.2 Å². The van der Waals surface area contributed by atoms with Gasteiger partial charge in [-0.1, -0.05) is 18.2 Å². The second-order valence-electron chi connectivity index (χ2n) is 3.59. The van der Waals surface area contributed by atoms with Crippen molar-refractivity contribution in [2.45, 2.75) is 6.42 Å². The first-order chi connectivity index (χ1) is 8.09. The van der Waals surface area contributed by atoms with Gasteiger partial charge in [0.1, 0.15) is 5.82 Å². The molecule has 1 aromatic carbocycles. The predicted octanol–water partition coefficient (Wildman–Crippen LogP) is 0.648. The fourth-order valence-electron chi connectivity index (χ4n) is 1.56. The number of aromatic amines is 1. The summed E-state index contributed by atoms with van der Waals surface area (Å²) in [6, 6.07) is 6.24. The number of nitrogen functional groups attached to an aromatic ring is 1. The SMILES string of the molecule is N=C(N)n1[nH]cc(Cc2ccccc2F)c1=O. The summed E-state index contributed by atoms with van der Waals surface area (Å²) in [4.78, 5) is 11.7. The molecule has 0 aliphatic carbocycles. The maximum absolute atomic E-state index is 13.4. The highest BCUT2D eigenvalue weighted by Gasteiger charge is 2.10. The number of rotatable bonds is 2. The lowest BCUT2D eigenvalue weighted by Gasteiger charge is -1.99. The van der Waals surface area contributed by atoms with Crippen LogP contribution in [0.25, 0.3) is 0 Å². The number of hydrogen-bond donors (Lipinski definition) is 3. The third-order valence-corrected chi connectivity index (χ3v) is 2.43. The van der Waals surface area contributed by atoms with E-state index in [0.717, 1.165) is 4.68 Å². The minimum absolute atomic E-state index is 0.169. The van der Waals surface area contributed by atoms with Crippen molar-refractivity contribution in [3.8, 4) is 0 Å². The van der Waals surface area contributed by atoms with Crippen molar-refractivity contribution in [2.24, 2.45) is 5.73 Å². The van der Waals surface area contributed by atoms with Crippen molar-refractivity contribution in [3.05, 3.63) is 57.8 Å². The van der Waals surface area contributed by atoms with E-state index in [1.54, 1.807) is 18.2 Å². The molecule has 0 atom stereocenters. The van der Waals surface area contributed by atoms with Crippen molar-refractivity contribution in [1.82, 2.24) is 9.78 Å². The quantitative estimate of drug-likeness (QED) is 0.526. The maximum Gasteiger partial charge on any atom is 0.277 e. The number of nitrogens with one attached hydrogen (secondary N) is 2. The van der Waals surface area contributed by atoms with Crippen LogP contribution in [0, 0.1) is 11.2 Å². The highest BCUT2D eigenvalue weighted by atomic mass is 19.1. The molecule has 1 heterocycles. The van der Waals surface area contributed by atoms with Crippen molar-refractivity contribution in [3.63, 3.8) is 0 Å². The normalized spacial score (nSPS) is 10.4. The molecule has 0 unspecified atom stereocenters. The van der Waals surface area contributed by atoms with Crippen molar-refractivity contribution in [1.29, 1.82) is 5.41 Å². The summed E-state index contributed by atoms with van der Waals surface area (Å²) < 4.78 is 14.3. The Labute approximate surface area is 96.2 Å². The monoisotopic (exact) mass is 234 g/mol. The number of nitrogens with two attached hydrogens (primary N) is 1. The van der Waals surface area contributed by atoms with Crippen LogP contribution in [0.4, 0.5) is 4.39 Å². The highest BCUT2D eigenvalue weighted by molar-refractivity contribution is 5.76. The topological polar surface area (TPSA) is 87.7 Å². The number of nitrogens with zero attached hydrogens (tertiary/aromatic N) is 1. The molecule has 5 nitrogen and oxygen atoms in total. The largest absolute Gasteiger partial charge is 0.368 e. The number of halogens is 1. The van der Waals surface area contributed by atoms with Gasteiger partial charge in [-0.3, -0.25) is 15.3 Å². The minimum Gasteiger partial charge on any atom is -0.368 e. The standard InChI is InChI=1S/C11H11FN4O/c12-9-4-2-1-3-7(9)5-8-6-15-16(10(8)17)11(13)14/h1-4,6,15H,5H2,(H3,13,14). The third kappa shape index (κ3) is 2.10. The molecule has 0 bridgehead atoms. The first-order valence-electron chi connectivity index (χ1n) is 4.96. The fraction of sp³-hybridized carbons (Fsp3) is 0.0909. The van der Waals surface area contributed by atoms with E-state index in [-0.39, 0.29) is 12.2 Å². The molecule has 0 aliphatic rings. The molecule has 88 valence electrons. The lowest BCUT2D eigenvalue weighted by molar-refractivity contribution is 0.614. The number of aromatic nitrogens is 2. The molecule has 0 saturated carbocycles. The Bertz CT molecular complexity index is 614. The molecular weight excluding hydrogens is 223 g/mol. The molecule has 0 aliphatic heterocycles. The van der Waals surface area contributed by atoms with Crippen LogP contribution in [0.5, 0.6) is 0 Å². The first-order valence-corrected chi connectivity index (χ1v) is 4.96.